The third-order valence-electron chi connectivity index (χ3n) is 5.62. The molecule has 1 atom stereocenters. The maximum atomic E-state index is 13.7. The van der Waals surface area contributed by atoms with E-state index in [-0.39, 0.29) is 11.7 Å². The molecule has 0 saturated heterocycles. The Morgan fingerprint density at radius 3 is 2.68 bits per heavy atom. The quantitative estimate of drug-likeness (QED) is 0.592. The molecule has 1 aliphatic rings. The van der Waals surface area contributed by atoms with Crippen LogP contribution in [-0.4, -0.2) is 29.8 Å². The number of benzene rings is 2. The van der Waals surface area contributed by atoms with Crippen molar-refractivity contribution in [1.82, 2.24) is 10.2 Å². The summed E-state index contributed by atoms with van der Waals surface area (Å²) in [5.41, 5.74) is 4.50. The number of carbonyl (C=O) groups excluding carboxylic acids is 2. The number of fused-ring (bicyclic) bond motifs is 1. The van der Waals surface area contributed by atoms with Crippen LogP contribution < -0.4 is 10.6 Å². The lowest BCUT2D eigenvalue weighted by Crippen LogP contribution is -2.43. The van der Waals surface area contributed by atoms with Crippen molar-refractivity contribution in [1.29, 1.82) is 0 Å². The Morgan fingerprint density at radius 2 is 1.94 bits per heavy atom. The van der Waals surface area contributed by atoms with E-state index in [2.05, 4.69) is 45.2 Å². The summed E-state index contributed by atoms with van der Waals surface area (Å²) in [5.74, 6) is -1.98. The average Bonchev–Trinajstić information content (AvgIpc) is 3.31. The zero-order chi connectivity index (χ0) is 21.8. The van der Waals surface area contributed by atoms with Crippen LogP contribution in [0.25, 0.3) is 0 Å². The molecule has 2 N–H and O–H groups in total. The molecule has 3 aromatic rings. The maximum absolute atomic E-state index is 13.7. The van der Waals surface area contributed by atoms with Gasteiger partial charge in [0.2, 0.25) is 0 Å². The standard InChI is InChI=1S/C24H24FN3O2S/c1-16-6-7-20(12-21(16)25)27-24(30)23(29)26-13-22(19-9-11-31-15-19)28-10-8-17-4-2-3-5-18(17)14-28/h2-7,9,11-12,15,22H,8,10,13-14H2,1H3,(H,26,29)(H,27,30)/t22-/m0/s1. The lowest BCUT2D eigenvalue weighted by atomic mass is 9.97. The summed E-state index contributed by atoms with van der Waals surface area (Å²) in [6.45, 7) is 3.62. The number of amides is 2. The number of hydrogen-bond donors (Lipinski definition) is 2. The van der Waals surface area contributed by atoms with Gasteiger partial charge in [0.15, 0.2) is 0 Å². The molecule has 0 fully saturated rings. The third kappa shape index (κ3) is 5.00. The SMILES string of the molecule is Cc1ccc(NC(=O)C(=O)NC[C@@H](c2ccsc2)N2CCc3ccccc3C2)cc1F. The largest absolute Gasteiger partial charge is 0.346 e. The number of carbonyl (C=O) groups is 2. The molecule has 1 aliphatic heterocycles. The van der Waals surface area contributed by atoms with E-state index in [0.717, 1.165) is 25.1 Å². The van der Waals surface area contributed by atoms with E-state index in [4.69, 9.17) is 0 Å². The Kier molecular flexibility index (Phi) is 6.44. The first kappa shape index (κ1) is 21.2. The molecular weight excluding hydrogens is 413 g/mol. The summed E-state index contributed by atoms with van der Waals surface area (Å²) in [5, 5.41) is 9.31. The van der Waals surface area contributed by atoms with E-state index in [1.165, 1.54) is 17.2 Å². The van der Waals surface area contributed by atoms with Crippen molar-refractivity contribution in [2.45, 2.75) is 25.9 Å². The Balaban J connectivity index is 1.41. The Labute approximate surface area is 184 Å². The first-order chi connectivity index (χ1) is 15.0. The molecule has 0 bridgehead atoms. The van der Waals surface area contributed by atoms with Crippen molar-refractivity contribution in [3.63, 3.8) is 0 Å². The fraction of sp³-hybridized carbons (Fsp3) is 0.250. The molecule has 1 aromatic heterocycles. The highest BCUT2D eigenvalue weighted by atomic mass is 32.1. The lowest BCUT2D eigenvalue weighted by Gasteiger charge is -2.35. The minimum absolute atomic E-state index is 0.0341. The van der Waals surface area contributed by atoms with Gasteiger partial charge in [0.25, 0.3) is 0 Å². The first-order valence-electron chi connectivity index (χ1n) is 10.2. The van der Waals surface area contributed by atoms with Crippen molar-refractivity contribution < 1.29 is 14.0 Å². The van der Waals surface area contributed by atoms with Gasteiger partial charge < -0.3 is 10.6 Å². The van der Waals surface area contributed by atoms with Crippen LogP contribution in [-0.2, 0) is 22.6 Å². The summed E-state index contributed by atoms with van der Waals surface area (Å²) >= 11 is 1.61. The second kappa shape index (κ2) is 9.41. The van der Waals surface area contributed by atoms with E-state index in [1.807, 2.05) is 11.4 Å². The zero-order valence-corrected chi connectivity index (χ0v) is 18.0. The number of hydrogen-bond acceptors (Lipinski definition) is 4. The molecule has 0 spiro atoms. The second-order valence-corrected chi connectivity index (χ2v) is 8.47. The Hall–Kier alpha value is -3.03. The van der Waals surface area contributed by atoms with Crippen molar-refractivity contribution in [2.75, 3.05) is 18.4 Å². The van der Waals surface area contributed by atoms with Gasteiger partial charge in [0.1, 0.15) is 5.82 Å². The molecule has 0 saturated carbocycles. The van der Waals surface area contributed by atoms with Gasteiger partial charge >= 0.3 is 11.8 Å². The second-order valence-electron chi connectivity index (χ2n) is 7.69. The number of anilines is 1. The number of rotatable bonds is 5. The molecular formula is C24H24FN3O2S. The van der Waals surface area contributed by atoms with Gasteiger partial charge in [0, 0.05) is 25.3 Å². The van der Waals surface area contributed by atoms with Crippen molar-refractivity contribution in [3.05, 3.63) is 87.4 Å². The van der Waals surface area contributed by atoms with E-state index >= 15 is 0 Å². The van der Waals surface area contributed by atoms with Crippen molar-refractivity contribution in [3.8, 4) is 0 Å². The highest BCUT2D eigenvalue weighted by molar-refractivity contribution is 7.08. The fourth-order valence-electron chi connectivity index (χ4n) is 3.83. The van der Waals surface area contributed by atoms with Gasteiger partial charge in [-0.15, -0.1) is 0 Å². The third-order valence-corrected chi connectivity index (χ3v) is 6.32. The van der Waals surface area contributed by atoms with E-state index in [0.29, 0.717) is 12.1 Å². The van der Waals surface area contributed by atoms with Crippen LogP contribution in [0.1, 0.15) is 28.3 Å². The highest BCUT2D eigenvalue weighted by Gasteiger charge is 2.26. The van der Waals surface area contributed by atoms with Crippen molar-refractivity contribution >= 4 is 28.8 Å². The molecule has 160 valence electrons. The number of halogens is 1. The van der Waals surface area contributed by atoms with Gasteiger partial charge in [-0.1, -0.05) is 30.3 Å². The predicted octanol–water partition coefficient (Wildman–Crippen LogP) is 4.05. The summed E-state index contributed by atoms with van der Waals surface area (Å²) in [6.07, 6.45) is 0.949. The Bertz CT molecular complexity index is 1080. The van der Waals surface area contributed by atoms with Gasteiger partial charge in [0.05, 0.1) is 6.04 Å². The smallest absolute Gasteiger partial charge is 0.313 e. The van der Waals surface area contributed by atoms with Crippen LogP contribution >= 0.6 is 11.3 Å². The zero-order valence-electron chi connectivity index (χ0n) is 17.2. The summed E-state index contributed by atoms with van der Waals surface area (Å²) in [6, 6.07) is 14.8. The number of nitrogens with one attached hydrogen (secondary N) is 2. The molecule has 0 radical (unpaired) electrons. The number of aryl methyl sites for hydroxylation is 1. The fourth-order valence-corrected chi connectivity index (χ4v) is 4.54. The van der Waals surface area contributed by atoms with Crippen LogP contribution in [0.3, 0.4) is 0 Å². The predicted molar refractivity (Wildman–Crippen MR) is 120 cm³/mol. The van der Waals surface area contributed by atoms with Gasteiger partial charge in [-0.05, 0) is 64.6 Å². The van der Waals surface area contributed by atoms with Crippen LogP contribution in [0, 0.1) is 12.7 Å². The van der Waals surface area contributed by atoms with Gasteiger partial charge in [-0.25, -0.2) is 4.39 Å². The maximum Gasteiger partial charge on any atom is 0.313 e. The number of thiophene rings is 1. The topological polar surface area (TPSA) is 61.4 Å². The lowest BCUT2D eigenvalue weighted by molar-refractivity contribution is -0.136. The van der Waals surface area contributed by atoms with Crippen LogP contribution in [0.5, 0.6) is 0 Å². The summed E-state index contributed by atoms with van der Waals surface area (Å²) in [7, 11) is 0. The minimum Gasteiger partial charge on any atom is -0.346 e. The summed E-state index contributed by atoms with van der Waals surface area (Å²) < 4.78 is 13.7. The molecule has 2 heterocycles. The monoisotopic (exact) mass is 437 g/mol. The highest BCUT2D eigenvalue weighted by Crippen LogP contribution is 2.28. The van der Waals surface area contributed by atoms with Gasteiger partial charge in [-0.2, -0.15) is 11.3 Å². The van der Waals surface area contributed by atoms with E-state index in [9.17, 15) is 14.0 Å². The van der Waals surface area contributed by atoms with Gasteiger partial charge in [-0.3, -0.25) is 14.5 Å². The van der Waals surface area contributed by atoms with Crippen LogP contribution in [0.15, 0.2) is 59.3 Å². The van der Waals surface area contributed by atoms with Crippen LogP contribution in [0.4, 0.5) is 10.1 Å². The minimum atomic E-state index is -0.809. The molecule has 0 aliphatic carbocycles. The van der Waals surface area contributed by atoms with E-state index < -0.39 is 17.6 Å². The molecule has 2 aromatic carbocycles. The molecule has 5 nitrogen and oxygen atoms in total. The molecule has 2 amide bonds. The normalized spacial score (nSPS) is 14.5. The number of nitrogens with zero attached hydrogens (tertiary/aromatic N) is 1. The average molecular weight is 438 g/mol. The molecule has 31 heavy (non-hydrogen) atoms. The van der Waals surface area contributed by atoms with E-state index in [1.54, 1.807) is 30.4 Å². The first-order valence-corrected chi connectivity index (χ1v) is 11.1. The molecule has 7 heteroatoms. The summed E-state index contributed by atoms with van der Waals surface area (Å²) in [4.78, 5) is 27.0. The van der Waals surface area contributed by atoms with Crippen molar-refractivity contribution in [2.24, 2.45) is 0 Å². The van der Waals surface area contributed by atoms with Crippen LogP contribution in [0.2, 0.25) is 0 Å². The Morgan fingerprint density at radius 1 is 1.13 bits per heavy atom. The molecule has 0 unspecified atom stereocenters. The molecule has 4 rings (SSSR count).